The third kappa shape index (κ3) is 1.07. The molecule has 1 N–H and O–H groups in total. The first kappa shape index (κ1) is 9.03. The highest BCUT2D eigenvalue weighted by Crippen LogP contribution is 2.53. The van der Waals surface area contributed by atoms with Crippen LogP contribution in [-0.2, 0) is 14.3 Å². The van der Waals surface area contributed by atoms with Crippen LogP contribution in [0.15, 0.2) is 0 Å². The van der Waals surface area contributed by atoms with Gasteiger partial charge in [0.15, 0.2) is 5.41 Å². The van der Waals surface area contributed by atoms with E-state index in [4.69, 9.17) is 5.11 Å². The largest absolute Gasteiger partial charge is 0.480 e. The molecule has 1 aliphatic rings. The third-order valence-electron chi connectivity index (χ3n) is 2.33. The Bertz CT molecular complexity index is 223. The van der Waals surface area contributed by atoms with E-state index in [0.717, 1.165) is 0 Å². The van der Waals surface area contributed by atoms with E-state index in [-0.39, 0.29) is 12.5 Å². The molecule has 2 atom stereocenters. The fourth-order valence-electron chi connectivity index (χ4n) is 1.35. The van der Waals surface area contributed by atoms with Gasteiger partial charge in [0.05, 0.1) is 6.61 Å². The van der Waals surface area contributed by atoms with E-state index in [9.17, 15) is 9.59 Å². The summed E-state index contributed by atoms with van der Waals surface area (Å²) < 4.78 is 4.68. The van der Waals surface area contributed by atoms with Crippen LogP contribution < -0.4 is 0 Å². The SMILES string of the molecule is CCOC(=O)C1(C(=O)O)CC1C. The molecule has 12 heavy (non-hydrogen) atoms. The molecule has 0 aromatic rings. The molecule has 0 aliphatic heterocycles. The first-order valence-electron chi connectivity index (χ1n) is 3.96. The van der Waals surface area contributed by atoms with Crippen molar-refractivity contribution in [3.8, 4) is 0 Å². The van der Waals surface area contributed by atoms with Gasteiger partial charge in [-0.25, -0.2) is 0 Å². The molecule has 0 saturated heterocycles. The first-order chi connectivity index (χ1) is 5.55. The van der Waals surface area contributed by atoms with Crippen molar-refractivity contribution in [1.82, 2.24) is 0 Å². The smallest absolute Gasteiger partial charge is 0.323 e. The van der Waals surface area contributed by atoms with Gasteiger partial charge in [-0.15, -0.1) is 0 Å². The summed E-state index contributed by atoms with van der Waals surface area (Å²) in [4.78, 5) is 21.9. The monoisotopic (exact) mass is 172 g/mol. The van der Waals surface area contributed by atoms with E-state index in [2.05, 4.69) is 4.74 Å². The second-order valence-electron chi connectivity index (χ2n) is 3.10. The van der Waals surface area contributed by atoms with Crippen LogP contribution in [-0.4, -0.2) is 23.7 Å². The highest BCUT2D eigenvalue weighted by Gasteiger charge is 2.65. The van der Waals surface area contributed by atoms with Gasteiger partial charge in [0.25, 0.3) is 0 Å². The zero-order valence-corrected chi connectivity index (χ0v) is 7.16. The number of carbonyl (C=O) groups excluding carboxylic acids is 1. The fourth-order valence-corrected chi connectivity index (χ4v) is 1.35. The average Bonchev–Trinajstić information content (AvgIpc) is 2.63. The second-order valence-corrected chi connectivity index (χ2v) is 3.10. The van der Waals surface area contributed by atoms with E-state index < -0.39 is 17.4 Å². The van der Waals surface area contributed by atoms with Crippen LogP contribution in [0.5, 0.6) is 0 Å². The molecule has 4 nitrogen and oxygen atoms in total. The number of esters is 1. The van der Waals surface area contributed by atoms with E-state index >= 15 is 0 Å². The van der Waals surface area contributed by atoms with Gasteiger partial charge < -0.3 is 9.84 Å². The number of hydrogen-bond donors (Lipinski definition) is 1. The lowest BCUT2D eigenvalue weighted by atomic mass is 10.1. The van der Waals surface area contributed by atoms with Crippen LogP contribution in [0.2, 0.25) is 0 Å². The third-order valence-corrected chi connectivity index (χ3v) is 2.33. The summed E-state index contributed by atoms with van der Waals surface area (Å²) in [5, 5.41) is 8.77. The van der Waals surface area contributed by atoms with Crippen molar-refractivity contribution in [3.05, 3.63) is 0 Å². The molecule has 1 aliphatic carbocycles. The Labute approximate surface area is 70.5 Å². The molecule has 1 fully saturated rings. The van der Waals surface area contributed by atoms with Gasteiger partial charge in [0, 0.05) is 0 Å². The molecular weight excluding hydrogens is 160 g/mol. The number of carboxylic acids is 1. The summed E-state index contributed by atoms with van der Waals surface area (Å²) >= 11 is 0. The quantitative estimate of drug-likeness (QED) is 0.501. The number of ether oxygens (including phenoxy) is 1. The molecule has 0 spiro atoms. The van der Waals surface area contributed by atoms with Crippen LogP contribution in [0.4, 0.5) is 0 Å². The molecule has 68 valence electrons. The lowest BCUT2D eigenvalue weighted by molar-refractivity contribution is -0.161. The maximum absolute atomic E-state index is 11.2. The van der Waals surface area contributed by atoms with Crippen LogP contribution in [0.1, 0.15) is 20.3 Å². The fraction of sp³-hybridized carbons (Fsp3) is 0.750. The molecule has 0 aromatic heterocycles. The van der Waals surface area contributed by atoms with Crippen LogP contribution in [0.25, 0.3) is 0 Å². The highest BCUT2D eigenvalue weighted by molar-refractivity contribution is 6.02. The summed E-state index contributed by atoms with van der Waals surface area (Å²) in [5.41, 5.74) is -1.23. The maximum Gasteiger partial charge on any atom is 0.323 e. The first-order valence-corrected chi connectivity index (χ1v) is 3.96. The van der Waals surface area contributed by atoms with Gasteiger partial charge in [-0.2, -0.15) is 0 Å². The van der Waals surface area contributed by atoms with Crippen LogP contribution in [0, 0.1) is 11.3 Å². The molecule has 0 heterocycles. The number of aliphatic carboxylic acids is 1. The Morgan fingerprint density at radius 2 is 2.17 bits per heavy atom. The summed E-state index contributed by atoms with van der Waals surface area (Å²) in [6, 6.07) is 0. The normalized spacial score (nSPS) is 32.7. The zero-order valence-electron chi connectivity index (χ0n) is 7.16. The van der Waals surface area contributed by atoms with Crippen LogP contribution in [0.3, 0.4) is 0 Å². The van der Waals surface area contributed by atoms with E-state index in [1.165, 1.54) is 0 Å². The van der Waals surface area contributed by atoms with Gasteiger partial charge >= 0.3 is 11.9 Å². The molecule has 1 rings (SSSR count). The van der Waals surface area contributed by atoms with Gasteiger partial charge in [-0.05, 0) is 19.3 Å². The standard InChI is InChI=1S/C8H12O4/c1-3-12-7(11)8(6(9)10)4-5(8)2/h5H,3-4H2,1-2H3,(H,9,10). The minimum Gasteiger partial charge on any atom is -0.480 e. The molecule has 0 bridgehead atoms. The van der Waals surface area contributed by atoms with Crippen molar-refractivity contribution in [2.75, 3.05) is 6.61 Å². The van der Waals surface area contributed by atoms with Gasteiger partial charge in [0.1, 0.15) is 0 Å². The molecule has 0 radical (unpaired) electrons. The van der Waals surface area contributed by atoms with Crippen molar-refractivity contribution < 1.29 is 19.4 Å². The highest BCUT2D eigenvalue weighted by atomic mass is 16.5. The minimum absolute atomic E-state index is 0.0888. The summed E-state index contributed by atoms with van der Waals surface area (Å²) in [5.74, 6) is -1.74. The summed E-state index contributed by atoms with van der Waals surface area (Å²) in [6.07, 6.45) is 0.404. The lowest BCUT2D eigenvalue weighted by Gasteiger charge is -2.08. The van der Waals surface area contributed by atoms with Crippen molar-refractivity contribution in [2.24, 2.45) is 11.3 Å². The zero-order chi connectivity index (χ0) is 9.35. The average molecular weight is 172 g/mol. The van der Waals surface area contributed by atoms with Crippen molar-refractivity contribution >= 4 is 11.9 Å². The van der Waals surface area contributed by atoms with Crippen molar-refractivity contribution in [1.29, 1.82) is 0 Å². The number of hydrogen-bond acceptors (Lipinski definition) is 3. The number of carbonyl (C=O) groups is 2. The Kier molecular flexibility index (Phi) is 2.08. The molecular formula is C8H12O4. The van der Waals surface area contributed by atoms with Crippen molar-refractivity contribution in [3.63, 3.8) is 0 Å². The van der Waals surface area contributed by atoms with Gasteiger partial charge in [-0.3, -0.25) is 9.59 Å². The Hall–Kier alpha value is -1.06. The molecule has 0 aromatic carbocycles. The van der Waals surface area contributed by atoms with Crippen molar-refractivity contribution in [2.45, 2.75) is 20.3 Å². The molecule has 1 saturated carbocycles. The summed E-state index contributed by atoms with van der Waals surface area (Å²) in [7, 11) is 0. The topological polar surface area (TPSA) is 63.6 Å². The number of carboxylic acid groups (broad SMARTS) is 1. The Morgan fingerprint density at radius 1 is 1.67 bits per heavy atom. The maximum atomic E-state index is 11.2. The van der Waals surface area contributed by atoms with E-state index in [1.807, 2.05) is 0 Å². The van der Waals surface area contributed by atoms with Gasteiger partial charge in [-0.1, -0.05) is 6.92 Å². The van der Waals surface area contributed by atoms with Gasteiger partial charge in [0.2, 0.25) is 0 Å². The molecule has 2 unspecified atom stereocenters. The van der Waals surface area contributed by atoms with Crippen LogP contribution >= 0.6 is 0 Å². The predicted octanol–water partition coefficient (Wildman–Crippen LogP) is 0.660. The summed E-state index contributed by atoms with van der Waals surface area (Å²) in [6.45, 7) is 3.64. The Balaban J connectivity index is 2.70. The second kappa shape index (κ2) is 2.77. The van der Waals surface area contributed by atoms with E-state index in [1.54, 1.807) is 13.8 Å². The lowest BCUT2D eigenvalue weighted by Crippen LogP contribution is -2.29. The molecule has 0 amide bonds. The Morgan fingerprint density at radius 3 is 2.42 bits per heavy atom. The molecule has 4 heteroatoms. The predicted molar refractivity (Wildman–Crippen MR) is 40.5 cm³/mol. The van der Waals surface area contributed by atoms with E-state index in [0.29, 0.717) is 6.42 Å². The minimum atomic E-state index is -1.23. The number of rotatable bonds is 3.